The van der Waals surface area contributed by atoms with Crippen molar-refractivity contribution in [2.45, 2.75) is 37.3 Å². The molecule has 7 heteroatoms. The van der Waals surface area contributed by atoms with Crippen molar-refractivity contribution in [2.24, 2.45) is 0 Å². The Morgan fingerprint density at radius 3 is 2.73 bits per heavy atom. The van der Waals surface area contributed by atoms with Crippen LogP contribution in [-0.4, -0.2) is 21.5 Å². The van der Waals surface area contributed by atoms with Gasteiger partial charge < -0.3 is 10.3 Å². The number of ketones is 1. The number of aromatic amines is 1. The molecule has 0 saturated heterocycles. The van der Waals surface area contributed by atoms with Crippen LogP contribution in [0.2, 0.25) is 5.02 Å². The van der Waals surface area contributed by atoms with Gasteiger partial charge in [-0.1, -0.05) is 42.4 Å². The lowest BCUT2D eigenvalue weighted by atomic mass is 9.76. The molecule has 4 rings (SSSR count). The Morgan fingerprint density at radius 2 is 2.00 bits per heavy atom. The molecule has 2 heterocycles. The predicted molar refractivity (Wildman–Crippen MR) is 104 cm³/mol. The van der Waals surface area contributed by atoms with Crippen molar-refractivity contribution >= 4 is 35.0 Å². The fourth-order valence-corrected chi connectivity index (χ4v) is 4.35. The van der Waals surface area contributed by atoms with Gasteiger partial charge in [-0.3, -0.25) is 9.59 Å². The number of thioether (sulfide) groups is 1. The van der Waals surface area contributed by atoms with Crippen LogP contribution in [0.15, 0.2) is 45.5 Å². The number of allylic oxidation sites excluding steroid dienone is 2. The lowest BCUT2D eigenvalue weighted by Crippen LogP contribution is -2.32. The number of nitrogens with one attached hydrogen (secondary N) is 2. The average molecular weight is 388 g/mol. The zero-order valence-electron chi connectivity index (χ0n) is 14.3. The summed E-state index contributed by atoms with van der Waals surface area (Å²) in [5.74, 6) is 1.05. The van der Waals surface area contributed by atoms with E-state index in [1.165, 1.54) is 11.8 Å². The summed E-state index contributed by atoms with van der Waals surface area (Å²) in [5.41, 5.74) is 2.75. The summed E-state index contributed by atoms with van der Waals surface area (Å²) >= 11 is 7.51. The van der Waals surface area contributed by atoms with Crippen LogP contribution < -0.4 is 10.9 Å². The number of carbonyl (C=O) groups excluding carboxylic acids is 1. The number of aromatic nitrogens is 2. The Bertz CT molecular complexity index is 966. The highest BCUT2D eigenvalue weighted by molar-refractivity contribution is 7.99. The topological polar surface area (TPSA) is 74.8 Å². The maximum atomic E-state index is 12.9. The molecule has 26 heavy (non-hydrogen) atoms. The monoisotopic (exact) mass is 387 g/mol. The van der Waals surface area contributed by atoms with E-state index in [4.69, 9.17) is 11.6 Å². The minimum Gasteiger partial charge on any atom is -0.343 e. The predicted octanol–water partition coefficient (Wildman–Crippen LogP) is 4.10. The molecule has 0 radical (unpaired) electrons. The van der Waals surface area contributed by atoms with E-state index in [0.29, 0.717) is 33.6 Å². The molecule has 134 valence electrons. The highest BCUT2D eigenvalue weighted by atomic mass is 35.5. The van der Waals surface area contributed by atoms with Gasteiger partial charge in [-0.05, 0) is 36.3 Å². The van der Waals surface area contributed by atoms with Crippen molar-refractivity contribution in [2.75, 3.05) is 11.1 Å². The Hall–Kier alpha value is -2.05. The van der Waals surface area contributed by atoms with E-state index in [1.54, 1.807) is 12.1 Å². The summed E-state index contributed by atoms with van der Waals surface area (Å²) in [6, 6.07) is 7.33. The lowest BCUT2D eigenvalue weighted by molar-refractivity contribution is -0.116. The fourth-order valence-electron chi connectivity index (χ4n) is 3.63. The highest BCUT2D eigenvalue weighted by Gasteiger charge is 2.37. The molecule has 0 spiro atoms. The van der Waals surface area contributed by atoms with Crippen LogP contribution in [0, 0.1) is 0 Å². The number of nitrogens with zero attached hydrogens (tertiary/aromatic N) is 1. The van der Waals surface area contributed by atoms with Crippen LogP contribution in [0.1, 0.15) is 43.2 Å². The molecule has 1 atom stereocenters. The third kappa shape index (κ3) is 2.97. The van der Waals surface area contributed by atoms with Crippen molar-refractivity contribution in [1.82, 2.24) is 9.97 Å². The third-order valence-electron chi connectivity index (χ3n) is 4.72. The summed E-state index contributed by atoms with van der Waals surface area (Å²) in [7, 11) is 0. The standard InChI is InChI=1S/C19H18ClN3O2S/c1-2-26-19-22-17-16(18(25)23-19)14(10-6-8-11(20)9-7-10)15-12(21-17)4-3-5-13(15)24/h6-9,14H,2-5H2,1H3,(H2,21,22,23,25)/t14-/m0/s1. The van der Waals surface area contributed by atoms with Crippen molar-refractivity contribution in [3.63, 3.8) is 0 Å². The van der Waals surface area contributed by atoms with E-state index in [9.17, 15) is 9.59 Å². The van der Waals surface area contributed by atoms with Gasteiger partial charge in [0.05, 0.1) is 5.56 Å². The van der Waals surface area contributed by atoms with E-state index in [0.717, 1.165) is 29.9 Å². The summed E-state index contributed by atoms with van der Waals surface area (Å²) in [4.78, 5) is 33.0. The number of Topliss-reactive ketones (excluding diaryl/α,β-unsaturated/α-hetero) is 1. The highest BCUT2D eigenvalue weighted by Crippen LogP contribution is 2.43. The minimum atomic E-state index is -0.414. The molecule has 0 fully saturated rings. The van der Waals surface area contributed by atoms with Crippen molar-refractivity contribution in [3.8, 4) is 0 Å². The number of rotatable bonds is 3. The number of hydrogen-bond donors (Lipinski definition) is 2. The number of hydrogen-bond acceptors (Lipinski definition) is 5. The van der Waals surface area contributed by atoms with Gasteiger partial charge in [0.1, 0.15) is 5.82 Å². The molecule has 0 amide bonds. The van der Waals surface area contributed by atoms with E-state index in [-0.39, 0.29) is 11.3 Å². The van der Waals surface area contributed by atoms with Crippen LogP contribution in [0.25, 0.3) is 0 Å². The van der Waals surface area contributed by atoms with Gasteiger partial charge in [0.15, 0.2) is 10.9 Å². The molecule has 0 bridgehead atoms. The largest absolute Gasteiger partial charge is 0.343 e. The maximum absolute atomic E-state index is 12.9. The molecule has 2 aliphatic rings. The molecule has 1 aliphatic heterocycles. The van der Waals surface area contributed by atoms with Gasteiger partial charge in [0.2, 0.25) is 0 Å². The first-order chi connectivity index (χ1) is 12.6. The van der Waals surface area contributed by atoms with Gasteiger partial charge in [-0.25, -0.2) is 4.98 Å². The average Bonchev–Trinajstić information content (AvgIpc) is 2.61. The summed E-state index contributed by atoms with van der Waals surface area (Å²) in [6.45, 7) is 2.01. The summed E-state index contributed by atoms with van der Waals surface area (Å²) in [6.07, 6.45) is 2.11. The second kappa shape index (κ2) is 6.93. The molecule has 0 saturated carbocycles. The smallest absolute Gasteiger partial charge is 0.257 e. The van der Waals surface area contributed by atoms with Crippen LogP contribution in [0.3, 0.4) is 0 Å². The molecule has 1 aromatic carbocycles. The molecular formula is C19H18ClN3O2S. The van der Waals surface area contributed by atoms with E-state index in [2.05, 4.69) is 15.3 Å². The van der Waals surface area contributed by atoms with Gasteiger partial charge in [-0.2, -0.15) is 0 Å². The first-order valence-electron chi connectivity index (χ1n) is 8.64. The summed E-state index contributed by atoms with van der Waals surface area (Å²) in [5, 5.41) is 4.48. The second-order valence-electron chi connectivity index (χ2n) is 6.34. The number of fused-ring (bicyclic) bond motifs is 1. The lowest BCUT2D eigenvalue weighted by Gasteiger charge is -2.32. The zero-order valence-corrected chi connectivity index (χ0v) is 15.8. The molecule has 0 unspecified atom stereocenters. The molecule has 1 aromatic heterocycles. The van der Waals surface area contributed by atoms with E-state index < -0.39 is 5.92 Å². The Balaban J connectivity index is 1.94. The fraction of sp³-hybridized carbons (Fsp3) is 0.316. The van der Waals surface area contributed by atoms with Gasteiger partial charge in [-0.15, -0.1) is 0 Å². The first-order valence-corrected chi connectivity index (χ1v) is 10.0. The Labute approximate surface area is 160 Å². The number of H-pyrrole nitrogens is 1. The first kappa shape index (κ1) is 17.4. The quantitative estimate of drug-likeness (QED) is 0.612. The molecule has 2 aromatic rings. The number of carbonyl (C=O) groups is 1. The molecule has 2 N–H and O–H groups in total. The van der Waals surface area contributed by atoms with Crippen LogP contribution in [0.5, 0.6) is 0 Å². The Morgan fingerprint density at radius 1 is 1.23 bits per heavy atom. The maximum Gasteiger partial charge on any atom is 0.257 e. The zero-order chi connectivity index (χ0) is 18.3. The van der Waals surface area contributed by atoms with E-state index >= 15 is 0 Å². The molecular weight excluding hydrogens is 370 g/mol. The van der Waals surface area contributed by atoms with Crippen LogP contribution >= 0.6 is 23.4 Å². The van der Waals surface area contributed by atoms with Crippen molar-refractivity contribution in [3.05, 3.63) is 62.0 Å². The van der Waals surface area contributed by atoms with Gasteiger partial charge in [0, 0.05) is 28.6 Å². The molecule has 1 aliphatic carbocycles. The normalized spacial score (nSPS) is 19.0. The number of anilines is 1. The third-order valence-corrected chi connectivity index (χ3v) is 5.73. The number of benzene rings is 1. The van der Waals surface area contributed by atoms with Crippen LogP contribution in [-0.2, 0) is 4.79 Å². The molecule has 5 nitrogen and oxygen atoms in total. The second-order valence-corrected chi connectivity index (χ2v) is 8.03. The van der Waals surface area contributed by atoms with Crippen molar-refractivity contribution < 1.29 is 4.79 Å². The van der Waals surface area contributed by atoms with Gasteiger partial charge >= 0.3 is 0 Å². The van der Waals surface area contributed by atoms with Crippen LogP contribution in [0.4, 0.5) is 5.82 Å². The number of halogens is 1. The minimum absolute atomic E-state index is 0.0933. The van der Waals surface area contributed by atoms with Gasteiger partial charge in [0.25, 0.3) is 5.56 Å². The summed E-state index contributed by atoms with van der Waals surface area (Å²) < 4.78 is 0. The Kier molecular flexibility index (Phi) is 4.63. The van der Waals surface area contributed by atoms with E-state index in [1.807, 2.05) is 19.1 Å². The van der Waals surface area contributed by atoms with Crippen molar-refractivity contribution in [1.29, 1.82) is 0 Å². The SMILES string of the molecule is CCSc1nc2c(c(=O)[nH]1)[C@@H](c1ccc(Cl)cc1)C1=C(CCCC1=O)N2.